The lowest BCUT2D eigenvalue weighted by Crippen LogP contribution is -2.70. The van der Waals surface area contributed by atoms with Gasteiger partial charge in [-0.2, -0.15) is 5.26 Å². The fraction of sp³-hybridized carbons (Fsp3) is 0.870. The van der Waals surface area contributed by atoms with E-state index in [2.05, 4.69) is 15.7 Å². The van der Waals surface area contributed by atoms with Gasteiger partial charge in [-0.15, -0.1) is 0 Å². The lowest BCUT2D eigenvalue weighted by molar-refractivity contribution is -0.0382. The van der Waals surface area contributed by atoms with Gasteiger partial charge in [0.05, 0.1) is 18.0 Å². The lowest BCUT2D eigenvalue weighted by Gasteiger charge is -2.56. The molecule has 3 fully saturated rings. The number of carbonyl (C=O) groups excluding carboxylic acids is 2. The first kappa shape index (κ1) is 25.9. The van der Waals surface area contributed by atoms with Crippen molar-refractivity contribution in [3.05, 3.63) is 0 Å². The van der Waals surface area contributed by atoms with E-state index in [-0.39, 0.29) is 17.7 Å². The van der Waals surface area contributed by atoms with E-state index in [9.17, 15) is 14.9 Å². The predicted octanol–water partition coefficient (Wildman–Crippen LogP) is 3.91. The van der Waals surface area contributed by atoms with Crippen molar-refractivity contribution in [1.82, 2.24) is 18.8 Å². The van der Waals surface area contributed by atoms with Crippen LogP contribution in [0.1, 0.15) is 73.6 Å². The van der Waals surface area contributed by atoms with Crippen molar-refractivity contribution in [2.75, 3.05) is 26.2 Å². The highest BCUT2D eigenvalue weighted by molar-refractivity contribution is 7.95. The van der Waals surface area contributed by atoms with Crippen LogP contribution in [-0.2, 0) is 9.47 Å². The second-order valence-corrected chi connectivity index (χ2v) is 12.3. The summed E-state index contributed by atoms with van der Waals surface area (Å²) in [6.07, 6.45) is 3.64. The number of hydrogen-bond donors (Lipinski definition) is 1. The van der Waals surface area contributed by atoms with Crippen molar-refractivity contribution in [2.24, 2.45) is 0 Å². The van der Waals surface area contributed by atoms with E-state index in [4.69, 9.17) is 9.47 Å². The molecule has 3 aliphatic rings. The maximum absolute atomic E-state index is 12.8. The van der Waals surface area contributed by atoms with E-state index in [0.29, 0.717) is 25.6 Å². The van der Waals surface area contributed by atoms with Crippen molar-refractivity contribution >= 4 is 24.3 Å². The molecule has 0 radical (unpaired) electrons. The minimum atomic E-state index is -0.540. The van der Waals surface area contributed by atoms with Gasteiger partial charge >= 0.3 is 12.2 Å². The van der Waals surface area contributed by atoms with Gasteiger partial charge in [-0.1, -0.05) is 0 Å². The summed E-state index contributed by atoms with van der Waals surface area (Å²) in [5, 5.41) is 9.47. The van der Waals surface area contributed by atoms with Crippen LogP contribution in [0.3, 0.4) is 0 Å². The summed E-state index contributed by atoms with van der Waals surface area (Å²) in [7, 11) is 0. The van der Waals surface area contributed by atoms with Crippen molar-refractivity contribution in [3.8, 4) is 6.07 Å². The van der Waals surface area contributed by atoms with Gasteiger partial charge in [-0.3, -0.25) is 9.62 Å². The number of likely N-dealkylation sites (tertiary alicyclic amines) is 1. The van der Waals surface area contributed by atoms with Gasteiger partial charge in [0.25, 0.3) is 0 Å². The van der Waals surface area contributed by atoms with Gasteiger partial charge in [0, 0.05) is 50.4 Å². The third kappa shape index (κ3) is 7.14. The van der Waals surface area contributed by atoms with E-state index < -0.39 is 17.3 Å². The third-order valence-electron chi connectivity index (χ3n) is 6.08. The zero-order valence-electron chi connectivity index (χ0n) is 20.8. The largest absolute Gasteiger partial charge is 0.444 e. The third-order valence-corrected chi connectivity index (χ3v) is 6.85. The second-order valence-electron chi connectivity index (χ2n) is 11.4. The Morgan fingerprint density at radius 3 is 2.06 bits per heavy atom. The highest BCUT2D eigenvalue weighted by atomic mass is 32.2. The van der Waals surface area contributed by atoms with Gasteiger partial charge in [0.1, 0.15) is 11.2 Å². The molecule has 1 aliphatic carbocycles. The first-order chi connectivity index (χ1) is 15.3. The molecule has 1 N–H and O–H groups in total. The second kappa shape index (κ2) is 9.88. The molecule has 9 nitrogen and oxygen atoms in total. The van der Waals surface area contributed by atoms with Crippen LogP contribution in [0.25, 0.3) is 0 Å². The number of nitrogens with one attached hydrogen (secondary N) is 1. The molecule has 0 aromatic rings. The first-order valence-electron chi connectivity index (χ1n) is 11.9. The number of hydrogen-bond acceptors (Lipinski definition) is 8. The minimum Gasteiger partial charge on any atom is -0.444 e. The number of nitrogens with zero attached hydrogens (tertiary/aromatic N) is 4. The smallest absolute Gasteiger partial charge is 0.418 e. The molecule has 0 unspecified atom stereocenters. The highest BCUT2D eigenvalue weighted by Gasteiger charge is 2.50. The minimum absolute atomic E-state index is 0.183. The first-order valence-corrected chi connectivity index (χ1v) is 12.6. The molecule has 1 saturated carbocycles. The van der Waals surface area contributed by atoms with Gasteiger partial charge in [-0.25, -0.2) is 13.9 Å². The van der Waals surface area contributed by atoms with Crippen molar-refractivity contribution in [1.29, 1.82) is 5.26 Å². The molecule has 186 valence electrons. The van der Waals surface area contributed by atoms with Crippen molar-refractivity contribution in [2.45, 2.75) is 102 Å². The van der Waals surface area contributed by atoms with E-state index >= 15 is 0 Å². The number of amides is 2. The Morgan fingerprint density at radius 2 is 1.58 bits per heavy atom. The number of piperidine rings is 1. The lowest BCUT2D eigenvalue weighted by atomic mass is 9.84. The van der Waals surface area contributed by atoms with Crippen LogP contribution in [0, 0.1) is 11.3 Å². The van der Waals surface area contributed by atoms with Crippen LogP contribution in [0.4, 0.5) is 9.59 Å². The molecule has 0 aromatic heterocycles. The molecule has 2 saturated heterocycles. The zero-order chi connectivity index (χ0) is 24.4. The van der Waals surface area contributed by atoms with Gasteiger partial charge in [-0.05, 0) is 67.2 Å². The Kier molecular flexibility index (Phi) is 7.76. The van der Waals surface area contributed by atoms with E-state index in [1.165, 1.54) is 12.1 Å². The van der Waals surface area contributed by atoms with Gasteiger partial charge in [0.2, 0.25) is 0 Å². The summed E-state index contributed by atoms with van der Waals surface area (Å²) in [5.41, 5.74) is -1.25. The maximum atomic E-state index is 12.8. The topological polar surface area (TPSA) is 98.1 Å². The Morgan fingerprint density at radius 1 is 1.03 bits per heavy atom. The molecule has 3 rings (SSSR count). The summed E-state index contributed by atoms with van der Waals surface area (Å²) in [5.74, 6) is 0. The average molecular weight is 482 g/mol. The molecule has 0 atom stereocenters. The van der Waals surface area contributed by atoms with Crippen molar-refractivity contribution in [3.63, 3.8) is 0 Å². The molecule has 0 spiro atoms. The van der Waals surface area contributed by atoms with Crippen LogP contribution in [0.15, 0.2) is 0 Å². The number of ether oxygens (including phenoxy) is 2. The number of carbonyl (C=O) groups is 2. The summed E-state index contributed by atoms with van der Waals surface area (Å²) in [6.45, 7) is 14.3. The maximum Gasteiger partial charge on any atom is 0.418 e. The SMILES string of the molecule is CC(C)(C)OC(=O)NSN1CC(CC#N)(N2CCC(N(C(=O)OC(C)(C)C)C3CC3)CC2)C1. The van der Waals surface area contributed by atoms with Crippen LogP contribution < -0.4 is 4.72 Å². The van der Waals surface area contributed by atoms with E-state index in [0.717, 1.165) is 38.8 Å². The van der Waals surface area contributed by atoms with Crippen LogP contribution in [0.5, 0.6) is 0 Å². The molecule has 2 heterocycles. The molecule has 10 heteroatoms. The molecule has 0 bridgehead atoms. The van der Waals surface area contributed by atoms with E-state index in [1.54, 1.807) is 0 Å². The normalized spacial score (nSPS) is 22.1. The summed E-state index contributed by atoms with van der Waals surface area (Å²) >= 11 is 1.23. The molecule has 0 aromatic carbocycles. The molecular formula is C23H39N5O4S. The summed E-state index contributed by atoms with van der Waals surface area (Å²) < 4.78 is 15.7. The quantitative estimate of drug-likeness (QED) is 0.570. The molecule has 33 heavy (non-hydrogen) atoms. The number of rotatable bonds is 6. The zero-order valence-corrected chi connectivity index (χ0v) is 21.7. The molecule has 2 amide bonds. The molecular weight excluding hydrogens is 442 g/mol. The van der Waals surface area contributed by atoms with Crippen molar-refractivity contribution < 1.29 is 19.1 Å². The average Bonchev–Trinajstić information content (AvgIpc) is 3.46. The van der Waals surface area contributed by atoms with Crippen LogP contribution >= 0.6 is 12.1 Å². The Bertz CT molecular complexity index is 754. The number of nitriles is 1. The predicted molar refractivity (Wildman–Crippen MR) is 127 cm³/mol. The Labute approximate surface area is 202 Å². The summed E-state index contributed by atoms with van der Waals surface area (Å²) in [4.78, 5) is 29.1. The van der Waals surface area contributed by atoms with Crippen LogP contribution in [0.2, 0.25) is 0 Å². The van der Waals surface area contributed by atoms with E-state index in [1.807, 2.05) is 50.7 Å². The summed E-state index contributed by atoms with van der Waals surface area (Å²) in [6, 6.07) is 2.84. The standard InChI is InChI=1S/C23H39N5O4S/c1-21(2,3)31-19(29)25-33-27-15-23(16-27,11-12-24)26-13-9-18(10-14-26)28(17-7-8-17)20(30)32-22(4,5)6/h17-18H,7-11,13-16H2,1-6H3,(H,25,29). The highest BCUT2D eigenvalue weighted by Crippen LogP contribution is 2.39. The monoisotopic (exact) mass is 481 g/mol. The van der Waals surface area contributed by atoms with Crippen LogP contribution in [-0.4, -0.2) is 81.3 Å². The van der Waals surface area contributed by atoms with Gasteiger partial charge < -0.3 is 14.4 Å². The Balaban J connectivity index is 1.51. The fourth-order valence-electron chi connectivity index (χ4n) is 4.53. The fourth-order valence-corrected chi connectivity index (χ4v) is 5.38. The Hall–Kier alpha value is -1.70. The molecule has 2 aliphatic heterocycles. The van der Waals surface area contributed by atoms with Gasteiger partial charge in [0.15, 0.2) is 0 Å².